The number of nitrogens with zero attached hydrogens (tertiary/aromatic N) is 3. The van der Waals surface area contributed by atoms with Gasteiger partial charge in [-0.25, -0.2) is 12.8 Å². The van der Waals surface area contributed by atoms with Crippen molar-refractivity contribution in [1.82, 2.24) is 9.21 Å². The Morgan fingerprint density at radius 2 is 1.72 bits per heavy atom. The maximum Gasteiger partial charge on any atom is 0.238 e. The van der Waals surface area contributed by atoms with Crippen molar-refractivity contribution in [3.05, 3.63) is 30.1 Å². The van der Waals surface area contributed by atoms with Crippen LogP contribution >= 0.6 is 0 Å². The second kappa shape index (κ2) is 7.29. The molecule has 0 aromatic heterocycles. The molecule has 1 aliphatic heterocycles. The van der Waals surface area contributed by atoms with Crippen molar-refractivity contribution in [1.29, 1.82) is 0 Å². The third kappa shape index (κ3) is 4.92. The van der Waals surface area contributed by atoms with E-state index in [1.807, 2.05) is 4.90 Å². The number of amides is 1. The molecule has 0 radical (unpaired) electrons. The maximum absolute atomic E-state index is 13.9. The molecule has 1 heterocycles. The molecule has 25 heavy (non-hydrogen) atoms. The van der Waals surface area contributed by atoms with Crippen molar-refractivity contribution in [2.75, 3.05) is 43.9 Å². The molecule has 1 fully saturated rings. The monoisotopic (exact) mass is 371 g/mol. The molecule has 0 atom stereocenters. The van der Waals surface area contributed by atoms with Crippen molar-refractivity contribution in [3.8, 4) is 0 Å². The molecule has 0 saturated carbocycles. The van der Waals surface area contributed by atoms with Gasteiger partial charge in [-0.3, -0.25) is 4.79 Å². The molecule has 8 heteroatoms. The van der Waals surface area contributed by atoms with Gasteiger partial charge in [0.05, 0.1) is 18.5 Å². The average Bonchev–Trinajstić information content (AvgIpc) is 2.51. The number of benzene rings is 1. The Balaban J connectivity index is 2.00. The number of piperazine rings is 1. The molecule has 0 unspecified atom stereocenters. The standard InChI is InChI=1S/C17H26FN3O3S/c1-17(2,3)21(25(4,23)24)13-16(22)20-11-9-19(10-12-20)15-8-6-5-7-14(15)18/h5-8H,9-13H2,1-4H3. The number of anilines is 1. The van der Waals surface area contributed by atoms with E-state index in [1.54, 1.807) is 43.9 Å². The maximum atomic E-state index is 13.9. The highest BCUT2D eigenvalue weighted by molar-refractivity contribution is 7.88. The fourth-order valence-electron chi connectivity index (χ4n) is 2.98. The van der Waals surface area contributed by atoms with E-state index >= 15 is 0 Å². The van der Waals surface area contributed by atoms with Crippen LogP contribution in [0.2, 0.25) is 0 Å². The predicted molar refractivity (Wildman–Crippen MR) is 96.5 cm³/mol. The Bertz CT molecular complexity index is 723. The van der Waals surface area contributed by atoms with Crippen molar-refractivity contribution in [2.45, 2.75) is 26.3 Å². The van der Waals surface area contributed by atoms with Gasteiger partial charge in [0.1, 0.15) is 5.82 Å². The normalized spacial score (nSPS) is 16.4. The van der Waals surface area contributed by atoms with Crippen LogP contribution in [-0.2, 0) is 14.8 Å². The zero-order chi connectivity index (χ0) is 18.8. The van der Waals surface area contributed by atoms with Gasteiger partial charge in [-0.2, -0.15) is 4.31 Å². The quantitative estimate of drug-likeness (QED) is 0.805. The molecule has 0 N–H and O–H groups in total. The minimum absolute atomic E-state index is 0.179. The summed E-state index contributed by atoms with van der Waals surface area (Å²) in [5.74, 6) is -0.508. The molecular weight excluding hydrogens is 345 g/mol. The summed E-state index contributed by atoms with van der Waals surface area (Å²) < 4.78 is 39.0. The summed E-state index contributed by atoms with van der Waals surface area (Å²) in [5, 5.41) is 0. The van der Waals surface area contributed by atoms with Crippen LogP contribution in [-0.4, -0.2) is 68.0 Å². The number of sulfonamides is 1. The Morgan fingerprint density at radius 1 is 1.16 bits per heavy atom. The molecule has 0 aliphatic carbocycles. The van der Waals surface area contributed by atoms with Gasteiger partial charge in [-0.1, -0.05) is 12.1 Å². The topological polar surface area (TPSA) is 60.9 Å². The first kappa shape index (κ1) is 19.7. The van der Waals surface area contributed by atoms with Gasteiger partial charge >= 0.3 is 0 Å². The van der Waals surface area contributed by atoms with Gasteiger partial charge in [-0.15, -0.1) is 0 Å². The van der Waals surface area contributed by atoms with E-state index in [4.69, 9.17) is 0 Å². The van der Waals surface area contributed by atoms with Crippen LogP contribution in [0.15, 0.2) is 24.3 Å². The molecule has 1 amide bonds. The summed E-state index contributed by atoms with van der Waals surface area (Å²) in [5.41, 5.74) is -0.139. The summed E-state index contributed by atoms with van der Waals surface area (Å²) in [7, 11) is -3.49. The van der Waals surface area contributed by atoms with Crippen molar-refractivity contribution >= 4 is 21.6 Å². The number of hydrogen-bond donors (Lipinski definition) is 0. The van der Waals surface area contributed by atoms with E-state index in [-0.39, 0.29) is 18.3 Å². The predicted octanol–water partition coefficient (Wildman–Crippen LogP) is 1.53. The summed E-state index contributed by atoms with van der Waals surface area (Å²) in [6.45, 7) is 7.01. The average molecular weight is 371 g/mol. The van der Waals surface area contributed by atoms with Crippen LogP contribution < -0.4 is 4.90 Å². The lowest BCUT2D eigenvalue weighted by atomic mass is 10.1. The van der Waals surface area contributed by atoms with Crippen LogP contribution in [0.1, 0.15) is 20.8 Å². The second-order valence-corrected chi connectivity index (χ2v) is 9.17. The summed E-state index contributed by atoms with van der Waals surface area (Å²) >= 11 is 0. The first-order valence-corrected chi connectivity index (χ1v) is 10.1. The zero-order valence-electron chi connectivity index (χ0n) is 15.2. The smallest absolute Gasteiger partial charge is 0.238 e. The van der Waals surface area contributed by atoms with Gasteiger partial charge in [0.15, 0.2) is 0 Å². The highest BCUT2D eigenvalue weighted by Gasteiger charge is 2.33. The molecule has 0 spiro atoms. The lowest BCUT2D eigenvalue weighted by Crippen LogP contribution is -2.54. The fraction of sp³-hybridized carbons (Fsp3) is 0.588. The molecule has 1 aliphatic rings. The molecule has 1 saturated heterocycles. The minimum atomic E-state index is -3.49. The van der Waals surface area contributed by atoms with E-state index in [9.17, 15) is 17.6 Å². The van der Waals surface area contributed by atoms with Crippen molar-refractivity contribution in [3.63, 3.8) is 0 Å². The number of hydrogen-bond acceptors (Lipinski definition) is 4. The van der Waals surface area contributed by atoms with Gasteiger partial charge in [0, 0.05) is 31.7 Å². The first-order chi connectivity index (χ1) is 11.5. The van der Waals surface area contributed by atoms with Gasteiger partial charge in [0.2, 0.25) is 15.9 Å². The van der Waals surface area contributed by atoms with E-state index in [1.165, 1.54) is 10.4 Å². The summed E-state index contributed by atoms with van der Waals surface area (Å²) in [6.07, 6.45) is 1.11. The third-order valence-electron chi connectivity index (χ3n) is 4.25. The van der Waals surface area contributed by atoms with Crippen LogP contribution in [0.5, 0.6) is 0 Å². The Kier molecular flexibility index (Phi) is 5.73. The number of halogens is 1. The highest BCUT2D eigenvalue weighted by Crippen LogP contribution is 2.21. The number of para-hydroxylation sites is 1. The third-order valence-corrected chi connectivity index (χ3v) is 5.73. The summed E-state index contributed by atoms with van der Waals surface area (Å²) in [4.78, 5) is 16.1. The van der Waals surface area contributed by atoms with E-state index in [0.29, 0.717) is 31.9 Å². The van der Waals surface area contributed by atoms with Crippen LogP contribution in [0.3, 0.4) is 0 Å². The van der Waals surface area contributed by atoms with E-state index in [2.05, 4.69) is 0 Å². The number of carbonyl (C=O) groups is 1. The molecule has 2 rings (SSSR count). The molecular formula is C17H26FN3O3S. The van der Waals surface area contributed by atoms with Crippen LogP contribution in [0, 0.1) is 5.82 Å². The molecule has 1 aromatic carbocycles. The van der Waals surface area contributed by atoms with Crippen molar-refractivity contribution in [2.24, 2.45) is 0 Å². The van der Waals surface area contributed by atoms with Crippen LogP contribution in [0.25, 0.3) is 0 Å². The molecule has 1 aromatic rings. The lowest BCUT2D eigenvalue weighted by Gasteiger charge is -2.38. The van der Waals surface area contributed by atoms with Gasteiger partial charge < -0.3 is 9.80 Å². The summed E-state index contributed by atoms with van der Waals surface area (Å²) in [6, 6.07) is 6.56. The first-order valence-electron chi connectivity index (χ1n) is 8.25. The van der Waals surface area contributed by atoms with E-state index < -0.39 is 15.6 Å². The van der Waals surface area contributed by atoms with Crippen molar-refractivity contribution < 1.29 is 17.6 Å². The second-order valence-electron chi connectivity index (χ2n) is 7.26. The largest absolute Gasteiger partial charge is 0.366 e. The SMILES string of the molecule is CC(C)(C)N(CC(=O)N1CCN(c2ccccc2F)CC1)S(C)(=O)=O. The molecule has 6 nitrogen and oxygen atoms in total. The molecule has 0 bridgehead atoms. The Hall–Kier alpha value is -1.67. The van der Waals surface area contributed by atoms with Crippen LogP contribution in [0.4, 0.5) is 10.1 Å². The molecule has 140 valence electrons. The highest BCUT2D eigenvalue weighted by atomic mass is 32.2. The Morgan fingerprint density at radius 3 is 2.20 bits per heavy atom. The van der Waals surface area contributed by atoms with Gasteiger partial charge in [-0.05, 0) is 32.9 Å². The van der Waals surface area contributed by atoms with E-state index in [0.717, 1.165) is 6.26 Å². The number of rotatable bonds is 4. The number of carbonyl (C=O) groups excluding carboxylic acids is 1. The fourth-order valence-corrected chi connectivity index (χ4v) is 4.32. The lowest BCUT2D eigenvalue weighted by molar-refractivity contribution is -0.132. The van der Waals surface area contributed by atoms with Gasteiger partial charge in [0.25, 0.3) is 0 Å². The minimum Gasteiger partial charge on any atom is -0.366 e. The Labute approximate surface area is 149 Å². The zero-order valence-corrected chi connectivity index (χ0v) is 16.0.